The number of hydrogen-bond donors (Lipinski definition) is 2. The molecule has 12 heteroatoms. The van der Waals surface area contributed by atoms with Crippen LogP contribution in [0.2, 0.25) is 0 Å². The van der Waals surface area contributed by atoms with Crippen LogP contribution in [0.4, 0.5) is 13.2 Å². The van der Waals surface area contributed by atoms with E-state index in [1.54, 1.807) is 15.8 Å². The summed E-state index contributed by atoms with van der Waals surface area (Å²) in [5, 5.41) is 19.9. The Bertz CT molecular complexity index is 1330. The molecule has 1 atom stereocenters. The van der Waals surface area contributed by atoms with Gasteiger partial charge in [-0.05, 0) is 30.5 Å². The van der Waals surface area contributed by atoms with Crippen molar-refractivity contribution in [2.24, 2.45) is 5.73 Å². The predicted molar refractivity (Wildman–Crippen MR) is 120 cm³/mol. The van der Waals surface area contributed by atoms with Gasteiger partial charge in [-0.15, -0.1) is 5.10 Å². The quantitative estimate of drug-likeness (QED) is 0.324. The molecule has 0 saturated carbocycles. The molecular formula is C23H21F3N8O. The molecule has 0 amide bonds. The van der Waals surface area contributed by atoms with Crippen molar-refractivity contribution >= 4 is 5.96 Å². The lowest BCUT2D eigenvalue weighted by atomic mass is 10.1. The topological polar surface area (TPSA) is 123 Å². The fourth-order valence-electron chi connectivity index (χ4n) is 4.08. The largest absolute Gasteiger partial charge is 0.416 e. The zero-order valence-electron chi connectivity index (χ0n) is 18.4. The third-order valence-electron chi connectivity index (χ3n) is 5.89. The van der Waals surface area contributed by atoms with Crippen LogP contribution in [0.25, 0.3) is 22.6 Å². The summed E-state index contributed by atoms with van der Waals surface area (Å²) >= 11 is 0. The first-order valence-corrected chi connectivity index (χ1v) is 10.9. The summed E-state index contributed by atoms with van der Waals surface area (Å²) in [6.45, 7) is 1.12. The standard InChI is InChI=1S/C23H21F3N8O/c24-23(25,26)17-9-7-15(8-10-17)18-13-33(32-30-18)12-14-3-5-16(6-4-14)20-29-21(35-31-20)19-2-1-11-34(19)22(27)28/h3-10,13,19H,1-2,11-12H2,(H3,27,28). The molecule has 1 unspecified atom stereocenters. The van der Waals surface area contributed by atoms with Crippen LogP contribution in [0.3, 0.4) is 0 Å². The molecule has 4 aromatic rings. The number of nitrogens with zero attached hydrogens (tertiary/aromatic N) is 6. The van der Waals surface area contributed by atoms with Crippen LogP contribution in [-0.4, -0.2) is 42.5 Å². The first kappa shape index (κ1) is 22.6. The molecule has 0 spiro atoms. The van der Waals surface area contributed by atoms with Gasteiger partial charge in [-0.3, -0.25) is 5.41 Å². The van der Waals surface area contributed by atoms with Crippen LogP contribution in [0.1, 0.15) is 35.9 Å². The van der Waals surface area contributed by atoms with E-state index in [1.165, 1.54) is 12.1 Å². The summed E-state index contributed by atoms with van der Waals surface area (Å²) in [4.78, 5) is 6.24. The predicted octanol–water partition coefficient (Wildman–Crippen LogP) is 4.09. The molecule has 3 N–H and O–H groups in total. The lowest BCUT2D eigenvalue weighted by Gasteiger charge is -2.21. The molecule has 3 heterocycles. The molecule has 35 heavy (non-hydrogen) atoms. The molecule has 180 valence electrons. The van der Waals surface area contributed by atoms with Gasteiger partial charge in [0.05, 0.1) is 18.3 Å². The monoisotopic (exact) mass is 482 g/mol. The summed E-state index contributed by atoms with van der Waals surface area (Å²) in [5.41, 5.74) is 7.70. The van der Waals surface area contributed by atoms with Crippen molar-refractivity contribution < 1.29 is 17.7 Å². The van der Waals surface area contributed by atoms with Crippen LogP contribution in [-0.2, 0) is 12.7 Å². The molecule has 1 aliphatic heterocycles. The van der Waals surface area contributed by atoms with Gasteiger partial charge < -0.3 is 15.2 Å². The zero-order valence-corrected chi connectivity index (χ0v) is 18.4. The van der Waals surface area contributed by atoms with E-state index in [-0.39, 0.29) is 12.0 Å². The van der Waals surface area contributed by atoms with Crippen LogP contribution in [0.5, 0.6) is 0 Å². The van der Waals surface area contributed by atoms with Gasteiger partial charge in [0, 0.05) is 17.7 Å². The molecule has 1 fully saturated rings. The summed E-state index contributed by atoms with van der Waals surface area (Å²) < 4.78 is 45.3. The normalized spacial score (nSPS) is 16.1. The summed E-state index contributed by atoms with van der Waals surface area (Å²) in [6.07, 6.45) is -0.993. The second-order valence-electron chi connectivity index (χ2n) is 8.27. The lowest BCUT2D eigenvalue weighted by Crippen LogP contribution is -2.35. The molecular weight excluding hydrogens is 461 g/mol. The molecule has 1 aliphatic rings. The number of guanidine groups is 1. The Labute approximate surface area is 197 Å². The van der Waals surface area contributed by atoms with Gasteiger partial charge in [0.15, 0.2) is 5.96 Å². The van der Waals surface area contributed by atoms with Crippen LogP contribution in [0, 0.1) is 5.41 Å². The van der Waals surface area contributed by atoms with E-state index >= 15 is 0 Å². The molecule has 0 radical (unpaired) electrons. The third-order valence-corrected chi connectivity index (χ3v) is 5.89. The highest BCUT2D eigenvalue weighted by Gasteiger charge is 2.32. The van der Waals surface area contributed by atoms with Gasteiger partial charge in [-0.25, -0.2) is 4.68 Å². The second kappa shape index (κ2) is 8.85. The average molecular weight is 482 g/mol. The van der Waals surface area contributed by atoms with Crippen LogP contribution >= 0.6 is 0 Å². The number of rotatable bonds is 5. The molecule has 9 nitrogen and oxygen atoms in total. The number of aromatic nitrogens is 5. The summed E-state index contributed by atoms with van der Waals surface area (Å²) in [7, 11) is 0. The number of hydrogen-bond acceptors (Lipinski definition) is 6. The summed E-state index contributed by atoms with van der Waals surface area (Å²) in [5.74, 6) is 0.883. The van der Waals surface area contributed by atoms with Gasteiger partial charge in [0.1, 0.15) is 11.7 Å². The highest BCUT2D eigenvalue weighted by molar-refractivity contribution is 5.75. The van der Waals surface area contributed by atoms with E-state index in [4.69, 9.17) is 15.7 Å². The number of likely N-dealkylation sites (tertiary alicyclic amines) is 1. The van der Waals surface area contributed by atoms with Crippen molar-refractivity contribution in [3.63, 3.8) is 0 Å². The smallest absolute Gasteiger partial charge is 0.370 e. The van der Waals surface area contributed by atoms with Gasteiger partial charge in [-0.2, -0.15) is 18.2 Å². The Morgan fingerprint density at radius 2 is 1.80 bits per heavy atom. The Morgan fingerprint density at radius 3 is 2.49 bits per heavy atom. The number of nitrogens with two attached hydrogens (primary N) is 1. The van der Waals surface area contributed by atoms with Crippen molar-refractivity contribution in [1.82, 2.24) is 30.0 Å². The summed E-state index contributed by atoms with van der Waals surface area (Å²) in [6, 6.07) is 12.2. The van der Waals surface area contributed by atoms with E-state index in [0.29, 0.717) is 36.1 Å². The number of benzene rings is 2. The molecule has 0 aliphatic carbocycles. The molecule has 1 saturated heterocycles. The van der Waals surface area contributed by atoms with Gasteiger partial charge in [0.2, 0.25) is 11.7 Å². The number of nitrogens with one attached hydrogen (secondary N) is 1. The fraction of sp³-hybridized carbons (Fsp3) is 0.261. The minimum Gasteiger partial charge on any atom is -0.370 e. The van der Waals surface area contributed by atoms with E-state index in [0.717, 1.165) is 36.1 Å². The van der Waals surface area contributed by atoms with Gasteiger partial charge in [0.25, 0.3) is 0 Å². The fourth-order valence-corrected chi connectivity index (χ4v) is 4.08. The van der Waals surface area contributed by atoms with Crippen molar-refractivity contribution in [1.29, 1.82) is 5.41 Å². The minimum absolute atomic E-state index is 0.00815. The van der Waals surface area contributed by atoms with Crippen molar-refractivity contribution in [3.8, 4) is 22.6 Å². The van der Waals surface area contributed by atoms with Crippen molar-refractivity contribution in [3.05, 3.63) is 71.7 Å². The Hall–Kier alpha value is -4.22. The second-order valence-corrected chi connectivity index (χ2v) is 8.27. The average Bonchev–Trinajstić information content (AvgIpc) is 3.59. The third kappa shape index (κ3) is 4.72. The first-order chi connectivity index (χ1) is 16.8. The Balaban J connectivity index is 1.26. The van der Waals surface area contributed by atoms with Gasteiger partial charge >= 0.3 is 6.18 Å². The van der Waals surface area contributed by atoms with Crippen LogP contribution in [0.15, 0.2) is 59.3 Å². The van der Waals surface area contributed by atoms with E-state index in [1.807, 2.05) is 24.3 Å². The van der Waals surface area contributed by atoms with Gasteiger partial charge in [-0.1, -0.05) is 46.8 Å². The van der Waals surface area contributed by atoms with E-state index < -0.39 is 11.7 Å². The highest BCUT2D eigenvalue weighted by Crippen LogP contribution is 2.32. The minimum atomic E-state index is -4.38. The Morgan fingerprint density at radius 1 is 1.09 bits per heavy atom. The zero-order chi connectivity index (χ0) is 24.6. The first-order valence-electron chi connectivity index (χ1n) is 10.9. The SMILES string of the molecule is N=C(N)N1CCCC1c1nc(-c2ccc(Cn3cc(-c4ccc(C(F)(F)F)cc4)nn3)cc2)no1. The van der Waals surface area contributed by atoms with Crippen LogP contribution < -0.4 is 5.73 Å². The van der Waals surface area contributed by atoms with E-state index in [9.17, 15) is 13.2 Å². The maximum atomic E-state index is 12.8. The molecule has 2 aromatic carbocycles. The molecule has 0 bridgehead atoms. The lowest BCUT2D eigenvalue weighted by molar-refractivity contribution is -0.137. The maximum absolute atomic E-state index is 12.8. The molecule has 5 rings (SSSR count). The van der Waals surface area contributed by atoms with Crippen molar-refractivity contribution in [2.75, 3.05) is 6.54 Å². The molecule has 2 aromatic heterocycles. The Kier molecular flexibility index (Phi) is 5.71. The highest BCUT2D eigenvalue weighted by atomic mass is 19.4. The van der Waals surface area contributed by atoms with Crippen molar-refractivity contribution in [2.45, 2.75) is 31.6 Å². The number of halogens is 3. The number of alkyl halides is 3. The maximum Gasteiger partial charge on any atom is 0.416 e. The van der Waals surface area contributed by atoms with E-state index in [2.05, 4.69) is 20.5 Å².